The molecule has 7 aliphatic heterocycles. The van der Waals surface area contributed by atoms with Crippen molar-refractivity contribution < 1.29 is 158 Å². The molecule has 11 aliphatic rings. The van der Waals surface area contributed by atoms with Gasteiger partial charge in [-0.15, -0.1) is 0 Å². The fourth-order valence-electron chi connectivity index (χ4n) is 19.4. The first-order valence-electron chi connectivity index (χ1n) is 35.2. The molecule has 0 aromatic carbocycles. The van der Waals surface area contributed by atoms with Gasteiger partial charge in [0, 0.05) is 20.1 Å². The van der Waals surface area contributed by atoms with Crippen molar-refractivity contribution in [1.82, 2.24) is 0 Å². The molecule has 32 heteroatoms. The van der Waals surface area contributed by atoms with Crippen molar-refractivity contribution in [2.75, 3.05) is 47.3 Å². The molecule has 7 heterocycles. The highest BCUT2D eigenvalue weighted by atomic mass is 16.8. The lowest BCUT2D eigenvalue weighted by molar-refractivity contribution is -0.398. The highest BCUT2D eigenvalue weighted by Gasteiger charge is 2.79. The van der Waals surface area contributed by atoms with Crippen LogP contribution in [0.2, 0.25) is 0 Å². The monoisotopic (exact) mass is 1430 g/mol. The zero-order chi connectivity index (χ0) is 72.1. The number of ether oxygens (including phenoxy) is 15. The van der Waals surface area contributed by atoms with Gasteiger partial charge in [0.25, 0.3) is 0 Å². The summed E-state index contributed by atoms with van der Waals surface area (Å²) in [6, 6.07) is 0. The summed E-state index contributed by atoms with van der Waals surface area (Å²) in [6.45, 7) is 12.7. The highest BCUT2D eigenvalue weighted by Crippen LogP contribution is 2.76. The molecule has 7 saturated heterocycles. The van der Waals surface area contributed by atoms with Crippen molar-refractivity contribution in [2.45, 2.75) is 309 Å². The number of methoxy groups -OCH3 is 2. The maximum atomic E-state index is 14.5. The number of aliphatic hydroxyl groups excluding tert-OH is 16. The largest absolute Gasteiger partial charge is 0.459 e. The lowest BCUT2D eigenvalue weighted by Gasteiger charge is -2.64. The SMILES string of the molecule is COC1C(O)C(CO)OC(OC2C(O)C(CO)OC(OC3C(CO)OC(OC4C(O)C(CO)OC(OC5C(C)OC(OC6C(OC7CCC8(C)C9=CC(O)C%10%11C(=O)OC(C)(CCCC(C)C)C%10CCC%11(C)C9CCC8C7(C)C)OCC(O)C6O)C(O)C5O)C4O)C(O)C3OC)C2O)C1O. The second-order valence-corrected chi connectivity index (χ2v) is 31.2. The summed E-state index contributed by atoms with van der Waals surface area (Å²) >= 11 is 0. The van der Waals surface area contributed by atoms with Gasteiger partial charge < -0.3 is 153 Å². The molecule has 0 bridgehead atoms. The Kier molecular flexibility index (Phi) is 23.9. The first kappa shape index (κ1) is 78.1. The summed E-state index contributed by atoms with van der Waals surface area (Å²) < 4.78 is 89.5. The van der Waals surface area contributed by atoms with Gasteiger partial charge in [-0.1, -0.05) is 59.6 Å². The number of cyclic esters (lactones) is 1. The molecule has 32 nitrogen and oxygen atoms in total. The number of aliphatic hydroxyl groups is 16. The van der Waals surface area contributed by atoms with Gasteiger partial charge in [-0.05, 0) is 99.2 Å². The third-order valence-electron chi connectivity index (χ3n) is 24.8. The molecule has 38 unspecified atom stereocenters. The minimum atomic E-state index is -2.07. The van der Waals surface area contributed by atoms with Crippen LogP contribution >= 0.6 is 0 Å². The number of carbonyl (C=O) groups is 1. The molecule has 10 fully saturated rings. The molecule has 0 aromatic rings. The lowest BCUT2D eigenvalue weighted by atomic mass is 9.40. The van der Waals surface area contributed by atoms with E-state index in [1.165, 1.54) is 14.0 Å². The fourth-order valence-corrected chi connectivity index (χ4v) is 19.4. The van der Waals surface area contributed by atoms with Gasteiger partial charge in [0.2, 0.25) is 0 Å². The lowest BCUT2D eigenvalue weighted by Crippen LogP contribution is -2.68. The van der Waals surface area contributed by atoms with E-state index in [-0.39, 0.29) is 30.3 Å². The van der Waals surface area contributed by atoms with E-state index in [1.54, 1.807) is 0 Å². The van der Waals surface area contributed by atoms with Gasteiger partial charge in [0.1, 0.15) is 145 Å². The molecule has 11 rings (SSSR count). The zero-order valence-corrected chi connectivity index (χ0v) is 57.9. The van der Waals surface area contributed by atoms with Crippen LogP contribution in [0.4, 0.5) is 0 Å². The van der Waals surface area contributed by atoms with Crippen LogP contribution in [0.15, 0.2) is 11.6 Å². The molecule has 3 saturated carbocycles. The van der Waals surface area contributed by atoms with Crippen LogP contribution in [0.5, 0.6) is 0 Å². The Balaban J connectivity index is 0.730. The maximum absolute atomic E-state index is 14.5. The predicted octanol–water partition coefficient (Wildman–Crippen LogP) is -4.03. The smallest absolute Gasteiger partial charge is 0.316 e. The highest BCUT2D eigenvalue weighted by molar-refractivity contribution is 5.84. The molecule has 0 radical (unpaired) electrons. The average molecular weight is 1430 g/mol. The molecule has 1 spiro atoms. The molecule has 38 atom stereocenters. The molecule has 16 N–H and O–H groups in total. The van der Waals surface area contributed by atoms with Crippen molar-refractivity contribution in [3.63, 3.8) is 0 Å². The molecule has 570 valence electrons. The number of hydrogen-bond donors (Lipinski definition) is 16. The van der Waals surface area contributed by atoms with Crippen molar-refractivity contribution in [3.05, 3.63) is 11.6 Å². The van der Waals surface area contributed by atoms with E-state index in [1.807, 2.05) is 6.08 Å². The number of allylic oxidation sites excluding steroid dienone is 1. The summed E-state index contributed by atoms with van der Waals surface area (Å²) in [5.41, 5.74) is -2.08. The Morgan fingerprint density at radius 2 is 1.00 bits per heavy atom. The van der Waals surface area contributed by atoms with Crippen LogP contribution in [-0.2, 0) is 75.8 Å². The second-order valence-electron chi connectivity index (χ2n) is 31.2. The molecule has 4 aliphatic carbocycles. The maximum Gasteiger partial charge on any atom is 0.316 e. The van der Waals surface area contributed by atoms with E-state index < -0.39 is 244 Å². The van der Waals surface area contributed by atoms with Crippen molar-refractivity contribution >= 4 is 5.97 Å². The van der Waals surface area contributed by atoms with Crippen LogP contribution in [0.3, 0.4) is 0 Å². The normalized spacial score (nSPS) is 52.9. The van der Waals surface area contributed by atoms with E-state index in [4.69, 9.17) is 71.1 Å². The number of fused-ring (bicyclic) bond motifs is 4. The van der Waals surface area contributed by atoms with Crippen molar-refractivity contribution in [2.24, 2.45) is 45.3 Å². The third kappa shape index (κ3) is 13.5. The Morgan fingerprint density at radius 3 is 1.55 bits per heavy atom. The number of esters is 1. The van der Waals surface area contributed by atoms with Gasteiger partial charge in [-0.25, -0.2) is 0 Å². The first-order valence-corrected chi connectivity index (χ1v) is 35.2. The van der Waals surface area contributed by atoms with E-state index in [9.17, 15) is 86.5 Å². The number of carbonyl (C=O) groups excluding carboxylic acids is 1. The average Bonchev–Trinajstić information content (AvgIpc) is 1.52. The predicted molar refractivity (Wildman–Crippen MR) is 332 cm³/mol. The standard InChI is InChI=1S/C67H110O32/c1-26(2)12-11-17-66(8)36-15-19-65(7)28-13-14-35-63(4,5)38(16-18-64(35,6)29(28)20-37(73)67(36,65)62(84)99-66)93-61-55(39(74)30(72)25-87-61)98-56-44(79)43(78)49(27(3)88-56)94-58-46(81)52(41(76)32(22-69)90-58)97-60-48(83)54(86-10)50(34(24-71)92-60)95-59-47(82)53(42(77)33(23-70)91-59)96-57-45(80)51(85-9)40(75)31(21-68)89-57/h20,26-28,30-61,68-83H,11-19,21-25H2,1-10H3. The molecule has 99 heavy (non-hydrogen) atoms. The van der Waals surface area contributed by atoms with Crippen molar-refractivity contribution in [3.8, 4) is 0 Å². The Labute approximate surface area is 575 Å². The second kappa shape index (κ2) is 30.3. The van der Waals surface area contributed by atoms with Crippen LogP contribution in [-0.4, -0.2) is 331 Å². The van der Waals surface area contributed by atoms with Gasteiger partial charge in [-0.3, -0.25) is 4.79 Å². The van der Waals surface area contributed by atoms with Crippen LogP contribution in [0.1, 0.15) is 113 Å². The topological polar surface area (TPSA) is 479 Å². The van der Waals surface area contributed by atoms with E-state index in [0.29, 0.717) is 18.8 Å². The fraction of sp³-hybridized carbons (Fsp3) is 0.955. The van der Waals surface area contributed by atoms with Crippen LogP contribution < -0.4 is 0 Å². The molecule has 0 aromatic heterocycles. The Hall–Kier alpha value is -1.99. The Bertz CT molecular complexity index is 2740. The summed E-state index contributed by atoms with van der Waals surface area (Å²) in [5.74, 6) is 0.143. The summed E-state index contributed by atoms with van der Waals surface area (Å²) in [6.07, 6.45) is -41.9. The number of rotatable bonds is 22. The third-order valence-corrected chi connectivity index (χ3v) is 24.8. The van der Waals surface area contributed by atoms with Gasteiger partial charge in [-0.2, -0.15) is 0 Å². The summed E-state index contributed by atoms with van der Waals surface area (Å²) in [7, 11) is 2.29. The van der Waals surface area contributed by atoms with Gasteiger partial charge in [0.15, 0.2) is 37.7 Å². The molecular weight excluding hydrogens is 1320 g/mol. The summed E-state index contributed by atoms with van der Waals surface area (Å²) in [4.78, 5) is 14.5. The van der Waals surface area contributed by atoms with E-state index in [0.717, 1.165) is 57.6 Å². The quantitative estimate of drug-likeness (QED) is 0.0279. The van der Waals surface area contributed by atoms with E-state index in [2.05, 4.69) is 48.5 Å². The zero-order valence-electron chi connectivity index (χ0n) is 57.9. The van der Waals surface area contributed by atoms with Crippen LogP contribution in [0, 0.1) is 45.3 Å². The molecular formula is C67H110O32. The van der Waals surface area contributed by atoms with Crippen molar-refractivity contribution in [1.29, 1.82) is 0 Å². The van der Waals surface area contributed by atoms with Gasteiger partial charge in [0.05, 0.1) is 51.3 Å². The van der Waals surface area contributed by atoms with Gasteiger partial charge >= 0.3 is 5.97 Å². The number of hydrogen-bond acceptors (Lipinski definition) is 32. The molecule has 0 amide bonds. The minimum absolute atomic E-state index is 0.0108. The minimum Gasteiger partial charge on any atom is -0.459 e. The van der Waals surface area contributed by atoms with Crippen LogP contribution in [0.25, 0.3) is 0 Å². The summed E-state index contributed by atoms with van der Waals surface area (Å²) in [5, 5.41) is 180. The van der Waals surface area contributed by atoms with E-state index >= 15 is 0 Å². The first-order chi connectivity index (χ1) is 46.8. The Morgan fingerprint density at radius 1 is 0.505 bits per heavy atom.